The standard InChI is InChI=1S/C36H42O6S/c37-30-21-1-18-2-22(30)13-34(9-18,12-21)27-7-28(35-10-19-3-23(14-35)31(38)24(4-19)15-35)33(43(40,41)42)29(8-27)36-11-20-5-25(16-36)32(39)26(6-20)17-36/h7-8,18-26H,1-6,9-17H2,(H,40,41,42). The predicted octanol–water partition coefficient (Wildman–Crippen LogP) is 5.87. The number of benzene rings is 1. The lowest BCUT2D eigenvalue weighted by atomic mass is 9.44. The third-order valence-corrected chi connectivity index (χ3v) is 16.0. The first-order chi connectivity index (χ1) is 20.4. The summed E-state index contributed by atoms with van der Waals surface area (Å²) in [6.07, 6.45) is 12.9. The first kappa shape index (κ1) is 26.4. The van der Waals surface area contributed by atoms with E-state index in [1.807, 2.05) is 0 Å². The number of rotatable bonds is 4. The van der Waals surface area contributed by atoms with Gasteiger partial charge in [-0.15, -0.1) is 0 Å². The van der Waals surface area contributed by atoms with Crippen molar-refractivity contribution in [2.24, 2.45) is 53.3 Å². The van der Waals surface area contributed by atoms with Crippen LogP contribution in [0.15, 0.2) is 17.0 Å². The van der Waals surface area contributed by atoms with Crippen LogP contribution in [0.3, 0.4) is 0 Å². The van der Waals surface area contributed by atoms with Crippen molar-refractivity contribution in [1.82, 2.24) is 0 Å². The van der Waals surface area contributed by atoms with Crippen LogP contribution in [0.2, 0.25) is 0 Å². The Bertz CT molecular complexity index is 1510. The summed E-state index contributed by atoms with van der Waals surface area (Å²) in [6.45, 7) is 0. The average molecular weight is 603 g/mol. The van der Waals surface area contributed by atoms with Crippen molar-refractivity contribution in [1.29, 1.82) is 0 Å². The van der Waals surface area contributed by atoms with Gasteiger partial charge in [0.1, 0.15) is 22.2 Å². The van der Waals surface area contributed by atoms with E-state index in [0.29, 0.717) is 60.8 Å². The monoisotopic (exact) mass is 602 g/mol. The second kappa shape index (κ2) is 8.10. The highest BCUT2D eigenvalue weighted by atomic mass is 32.2. The van der Waals surface area contributed by atoms with E-state index >= 15 is 0 Å². The highest BCUT2D eigenvalue weighted by Crippen LogP contribution is 2.66. The minimum absolute atomic E-state index is 0.0121. The van der Waals surface area contributed by atoms with Gasteiger partial charge in [-0.25, -0.2) is 0 Å². The molecule has 0 spiro atoms. The van der Waals surface area contributed by atoms with E-state index < -0.39 is 20.9 Å². The lowest BCUT2D eigenvalue weighted by Gasteiger charge is -2.59. The van der Waals surface area contributed by atoms with Gasteiger partial charge in [-0.2, -0.15) is 8.42 Å². The molecule has 6 nitrogen and oxygen atoms in total. The number of carbonyl (C=O) groups excluding carboxylic acids is 3. The van der Waals surface area contributed by atoms with Gasteiger partial charge in [0.2, 0.25) is 0 Å². The summed E-state index contributed by atoms with van der Waals surface area (Å²) < 4.78 is 38.7. The Hall–Kier alpha value is -1.86. The third-order valence-electron chi connectivity index (χ3n) is 15.1. The van der Waals surface area contributed by atoms with Crippen molar-refractivity contribution >= 4 is 27.5 Å². The van der Waals surface area contributed by atoms with E-state index in [4.69, 9.17) is 0 Å². The average Bonchev–Trinajstić information content (AvgIpc) is 2.95. The maximum absolute atomic E-state index is 13.8. The van der Waals surface area contributed by atoms with Crippen molar-refractivity contribution in [3.8, 4) is 0 Å². The van der Waals surface area contributed by atoms with E-state index in [2.05, 4.69) is 12.1 Å². The number of ketones is 3. The fourth-order valence-corrected chi connectivity index (χ4v) is 15.4. The Morgan fingerprint density at radius 1 is 0.512 bits per heavy atom. The Labute approximate surface area is 253 Å². The number of carbonyl (C=O) groups is 3. The summed E-state index contributed by atoms with van der Waals surface area (Å²) >= 11 is 0. The van der Waals surface area contributed by atoms with Crippen LogP contribution in [0.4, 0.5) is 0 Å². The molecule has 228 valence electrons. The Balaban J connectivity index is 1.23. The number of Topliss-reactive ketones (excluding diaryl/α,β-unsaturated/α-hetero) is 3. The molecule has 13 rings (SSSR count). The molecule has 12 fully saturated rings. The molecule has 12 aliphatic rings. The normalized spacial score (nSPS) is 50.3. The molecule has 0 radical (unpaired) electrons. The highest BCUT2D eigenvalue weighted by molar-refractivity contribution is 7.86. The van der Waals surface area contributed by atoms with Crippen molar-refractivity contribution < 1.29 is 27.4 Å². The van der Waals surface area contributed by atoms with Crippen molar-refractivity contribution in [3.05, 3.63) is 28.8 Å². The fourth-order valence-electron chi connectivity index (χ4n) is 14.3. The summed E-state index contributed by atoms with van der Waals surface area (Å²) in [6, 6.07) is 4.38. The summed E-state index contributed by atoms with van der Waals surface area (Å²) in [7, 11) is -4.58. The van der Waals surface area contributed by atoms with E-state index in [9.17, 15) is 27.4 Å². The maximum Gasteiger partial charge on any atom is 0.295 e. The second-order valence-electron chi connectivity index (χ2n) is 17.5. The van der Waals surface area contributed by atoms with Gasteiger partial charge in [0.15, 0.2) is 0 Å². The SMILES string of the molecule is O=C1C2CC3CC1CC(c1cc(C45CC6CC(C4)C(=O)C(C6)C5)c(S(=O)(=O)O)c(C45CC6CC(C4)C(=O)C(C6)C5)c1)(C3)C2. The molecule has 6 atom stereocenters. The molecule has 43 heavy (non-hydrogen) atoms. The summed E-state index contributed by atoms with van der Waals surface area (Å²) in [5, 5.41) is 0. The van der Waals surface area contributed by atoms with Crippen LogP contribution in [0, 0.1) is 53.3 Å². The first-order valence-electron chi connectivity index (χ1n) is 17.2. The topological polar surface area (TPSA) is 106 Å². The number of hydrogen-bond donors (Lipinski definition) is 1. The smallest absolute Gasteiger partial charge is 0.295 e. The second-order valence-corrected chi connectivity index (χ2v) is 18.8. The first-order valence-corrected chi connectivity index (χ1v) is 18.7. The number of hydrogen-bond acceptors (Lipinski definition) is 5. The van der Waals surface area contributed by atoms with Crippen LogP contribution >= 0.6 is 0 Å². The van der Waals surface area contributed by atoms with Gasteiger partial charge in [0, 0.05) is 35.5 Å². The lowest BCUT2D eigenvalue weighted by molar-refractivity contribution is -0.142. The van der Waals surface area contributed by atoms with E-state index in [1.165, 1.54) is 5.56 Å². The largest absolute Gasteiger partial charge is 0.299 e. The van der Waals surface area contributed by atoms with E-state index in [-0.39, 0.29) is 45.8 Å². The molecule has 1 aromatic carbocycles. The molecule has 6 unspecified atom stereocenters. The van der Waals surface area contributed by atoms with Gasteiger partial charge in [-0.1, -0.05) is 12.1 Å². The molecule has 1 N–H and O–H groups in total. The van der Waals surface area contributed by atoms with E-state index in [1.54, 1.807) is 0 Å². The Morgan fingerprint density at radius 3 is 1.14 bits per heavy atom. The van der Waals surface area contributed by atoms with Gasteiger partial charge in [0.25, 0.3) is 10.1 Å². The molecule has 0 saturated heterocycles. The molecule has 1 aromatic rings. The molecule has 12 saturated carbocycles. The van der Waals surface area contributed by atoms with Gasteiger partial charge in [-0.3, -0.25) is 18.9 Å². The van der Waals surface area contributed by atoms with Crippen LogP contribution in [0.5, 0.6) is 0 Å². The third kappa shape index (κ3) is 3.40. The molecule has 7 heteroatoms. The predicted molar refractivity (Wildman–Crippen MR) is 157 cm³/mol. The highest BCUT2D eigenvalue weighted by Gasteiger charge is 2.61. The van der Waals surface area contributed by atoms with Crippen LogP contribution in [0.25, 0.3) is 0 Å². The zero-order valence-corrected chi connectivity index (χ0v) is 25.7. The maximum atomic E-state index is 13.8. The minimum atomic E-state index is -4.58. The quantitative estimate of drug-likeness (QED) is 0.432. The van der Waals surface area contributed by atoms with Gasteiger partial charge in [-0.05, 0) is 147 Å². The minimum Gasteiger partial charge on any atom is -0.299 e. The lowest BCUT2D eigenvalue weighted by Crippen LogP contribution is -2.56. The summed E-state index contributed by atoms with van der Waals surface area (Å²) in [5.74, 6) is 2.73. The zero-order valence-electron chi connectivity index (χ0n) is 24.9. The molecular formula is C36H42O6S. The van der Waals surface area contributed by atoms with Gasteiger partial charge < -0.3 is 0 Å². The zero-order chi connectivity index (χ0) is 29.3. The summed E-state index contributed by atoms with van der Waals surface area (Å²) in [5.41, 5.74) is 1.80. The van der Waals surface area contributed by atoms with E-state index in [0.717, 1.165) is 81.8 Å². The Morgan fingerprint density at radius 2 is 0.814 bits per heavy atom. The van der Waals surface area contributed by atoms with Gasteiger partial charge in [0.05, 0.1) is 0 Å². The van der Waals surface area contributed by atoms with Crippen LogP contribution in [-0.4, -0.2) is 30.3 Å². The van der Waals surface area contributed by atoms with Gasteiger partial charge >= 0.3 is 0 Å². The van der Waals surface area contributed by atoms with Crippen LogP contribution < -0.4 is 0 Å². The summed E-state index contributed by atoms with van der Waals surface area (Å²) in [4.78, 5) is 39.9. The molecule has 12 aliphatic carbocycles. The van der Waals surface area contributed by atoms with Crippen LogP contribution in [-0.2, 0) is 40.7 Å². The molecule has 0 amide bonds. The fraction of sp³-hybridized carbons (Fsp3) is 0.750. The molecule has 0 aliphatic heterocycles. The molecule has 12 bridgehead atoms. The molecule has 0 aromatic heterocycles. The Kier molecular flexibility index (Phi) is 4.97. The van der Waals surface area contributed by atoms with Crippen LogP contribution in [0.1, 0.15) is 113 Å². The van der Waals surface area contributed by atoms with Crippen molar-refractivity contribution in [2.75, 3.05) is 0 Å². The molecule has 0 heterocycles. The van der Waals surface area contributed by atoms with Crippen molar-refractivity contribution in [2.45, 2.75) is 117 Å². The van der Waals surface area contributed by atoms with Crippen molar-refractivity contribution in [3.63, 3.8) is 0 Å². The molecular weight excluding hydrogens is 560 g/mol.